The lowest BCUT2D eigenvalue weighted by Crippen LogP contribution is -2.29. The third kappa shape index (κ3) is 4.67. The third-order valence-electron chi connectivity index (χ3n) is 4.88. The first kappa shape index (κ1) is 20.8. The first-order valence-electron chi connectivity index (χ1n) is 9.95. The van der Waals surface area contributed by atoms with Crippen LogP contribution in [0.25, 0.3) is 16.7 Å². The molecule has 2 aromatic heterocycles. The molecule has 2 heterocycles. The molecule has 6 nitrogen and oxygen atoms in total. The molecule has 31 heavy (non-hydrogen) atoms. The van der Waals surface area contributed by atoms with Crippen LogP contribution in [0.1, 0.15) is 24.1 Å². The molecule has 156 valence electrons. The van der Waals surface area contributed by atoms with Crippen LogP contribution in [0.15, 0.2) is 82.9 Å². The van der Waals surface area contributed by atoms with Gasteiger partial charge < -0.3 is 5.32 Å². The number of nitrogens with zero attached hydrogens (tertiary/aromatic N) is 3. The smallest absolute Gasteiger partial charge is 0.267 e. The summed E-state index contributed by atoms with van der Waals surface area (Å²) in [5.41, 5.74) is 2.42. The summed E-state index contributed by atoms with van der Waals surface area (Å²) < 4.78 is 1.47. The van der Waals surface area contributed by atoms with Crippen molar-refractivity contribution in [2.75, 3.05) is 5.75 Å². The van der Waals surface area contributed by atoms with Crippen LogP contribution < -0.4 is 10.9 Å². The first-order valence-corrected chi connectivity index (χ1v) is 10.9. The zero-order valence-electron chi connectivity index (χ0n) is 17.3. The number of amides is 1. The lowest BCUT2D eigenvalue weighted by atomic mass is 10.1. The molecule has 4 aromatic rings. The van der Waals surface area contributed by atoms with E-state index < -0.39 is 0 Å². The zero-order chi connectivity index (χ0) is 21.8. The van der Waals surface area contributed by atoms with E-state index in [0.717, 1.165) is 11.1 Å². The van der Waals surface area contributed by atoms with Crippen molar-refractivity contribution in [3.8, 4) is 5.82 Å². The summed E-state index contributed by atoms with van der Waals surface area (Å²) in [6, 6.07) is 20.5. The van der Waals surface area contributed by atoms with E-state index in [9.17, 15) is 9.59 Å². The summed E-state index contributed by atoms with van der Waals surface area (Å²) in [5, 5.41) is 3.94. The van der Waals surface area contributed by atoms with E-state index in [2.05, 4.69) is 15.3 Å². The van der Waals surface area contributed by atoms with Crippen molar-refractivity contribution >= 4 is 28.6 Å². The Labute approximate surface area is 184 Å². The van der Waals surface area contributed by atoms with Crippen LogP contribution in [0, 0.1) is 6.92 Å². The van der Waals surface area contributed by atoms with Crippen molar-refractivity contribution in [3.05, 3.63) is 94.4 Å². The Bertz CT molecular complexity index is 1270. The molecule has 1 N–H and O–H groups in total. The van der Waals surface area contributed by atoms with Crippen LogP contribution in [-0.2, 0) is 4.79 Å². The van der Waals surface area contributed by atoms with Crippen LogP contribution in [-0.4, -0.2) is 26.2 Å². The number of aromatic nitrogens is 3. The molecule has 0 spiro atoms. The number of hydrogen-bond donors (Lipinski definition) is 1. The van der Waals surface area contributed by atoms with E-state index in [1.54, 1.807) is 24.4 Å². The van der Waals surface area contributed by atoms with E-state index in [4.69, 9.17) is 0 Å². The van der Waals surface area contributed by atoms with Gasteiger partial charge in [-0.1, -0.05) is 60.3 Å². The number of carbonyl (C=O) groups excluding carboxylic acids is 1. The van der Waals surface area contributed by atoms with Gasteiger partial charge in [0, 0.05) is 6.20 Å². The van der Waals surface area contributed by atoms with Crippen molar-refractivity contribution < 1.29 is 4.79 Å². The number of rotatable bonds is 6. The van der Waals surface area contributed by atoms with Crippen LogP contribution in [0.2, 0.25) is 0 Å². The number of pyridine rings is 1. The predicted molar refractivity (Wildman–Crippen MR) is 124 cm³/mol. The van der Waals surface area contributed by atoms with Gasteiger partial charge in [-0.3, -0.25) is 9.59 Å². The van der Waals surface area contributed by atoms with Gasteiger partial charge in [-0.15, -0.1) is 0 Å². The lowest BCUT2D eigenvalue weighted by molar-refractivity contribution is -0.119. The fraction of sp³-hybridized carbons (Fsp3) is 0.167. The van der Waals surface area contributed by atoms with Crippen LogP contribution in [0.4, 0.5) is 0 Å². The first-order chi connectivity index (χ1) is 15.0. The van der Waals surface area contributed by atoms with Crippen molar-refractivity contribution in [1.29, 1.82) is 0 Å². The molecule has 1 atom stereocenters. The van der Waals surface area contributed by atoms with Crippen LogP contribution >= 0.6 is 11.8 Å². The van der Waals surface area contributed by atoms with Gasteiger partial charge in [-0.05, 0) is 43.2 Å². The van der Waals surface area contributed by atoms with Crippen LogP contribution in [0.3, 0.4) is 0 Å². The molecule has 0 fully saturated rings. The van der Waals surface area contributed by atoms with Gasteiger partial charge in [0.15, 0.2) is 5.16 Å². The van der Waals surface area contributed by atoms with E-state index in [-0.39, 0.29) is 23.3 Å². The molecule has 0 radical (unpaired) electrons. The number of benzene rings is 2. The molecule has 0 aliphatic rings. The topological polar surface area (TPSA) is 76.9 Å². The number of nitrogens with one attached hydrogen (secondary N) is 1. The second-order valence-electron chi connectivity index (χ2n) is 7.23. The Morgan fingerprint density at radius 3 is 2.55 bits per heavy atom. The SMILES string of the molecule is Cc1ccc(-n2c(SCC(=O)N[C@@H](C)c3ccccc3)nc3ccccc3c2=O)nc1. The normalized spacial score (nSPS) is 11.9. The van der Waals surface area contributed by atoms with Gasteiger partial charge in [0.2, 0.25) is 5.91 Å². The molecule has 7 heteroatoms. The molecule has 0 saturated carbocycles. The van der Waals surface area contributed by atoms with Gasteiger partial charge in [0.25, 0.3) is 5.56 Å². The highest BCUT2D eigenvalue weighted by Gasteiger charge is 2.16. The maximum absolute atomic E-state index is 13.2. The largest absolute Gasteiger partial charge is 0.349 e. The Kier molecular flexibility index (Phi) is 6.13. The number of hydrogen-bond acceptors (Lipinski definition) is 5. The fourth-order valence-corrected chi connectivity index (χ4v) is 4.05. The minimum absolute atomic E-state index is 0.111. The van der Waals surface area contributed by atoms with E-state index in [1.807, 2.05) is 62.4 Å². The Morgan fingerprint density at radius 1 is 1.06 bits per heavy atom. The lowest BCUT2D eigenvalue weighted by Gasteiger charge is -2.15. The van der Waals surface area contributed by atoms with Gasteiger partial charge in [-0.2, -0.15) is 0 Å². The average molecular weight is 431 g/mol. The number of thioether (sulfide) groups is 1. The number of para-hydroxylation sites is 1. The standard InChI is InChI=1S/C24H22N4O2S/c1-16-12-13-21(25-14-16)28-23(30)19-10-6-7-11-20(19)27-24(28)31-15-22(29)26-17(2)18-8-4-3-5-9-18/h3-14,17H,15H2,1-2H3,(H,26,29)/t17-/m0/s1. The maximum atomic E-state index is 13.2. The summed E-state index contributed by atoms with van der Waals surface area (Å²) in [4.78, 5) is 34.8. The average Bonchev–Trinajstić information content (AvgIpc) is 2.79. The Balaban J connectivity index is 1.62. The number of carbonyl (C=O) groups is 1. The molecular formula is C24H22N4O2S. The third-order valence-corrected chi connectivity index (χ3v) is 5.82. The van der Waals surface area contributed by atoms with Crippen molar-refractivity contribution in [2.45, 2.75) is 25.0 Å². The summed E-state index contributed by atoms with van der Waals surface area (Å²) in [5.74, 6) is 0.481. The molecule has 0 unspecified atom stereocenters. The van der Waals surface area contributed by atoms with Gasteiger partial charge in [0.1, 0.15) is 5.82 Å². The minimum Gasteiger partial charge on any atom is -0.349 e. The monoisotopic (exact) mass is 430 g/mol. The molecule has 2 aromatic carbocycles. The highest BCUT2D eigenvalue weighted by Crippen LogP contribution is 2.21. The maximum Gasteiger partial charge on any atom is 0.267 e. The van der Waals surface area contributed by atoms with Crippen molar-refractivity contribution in [1.82, 2.24) is 19.9 Å². The minimum atomic E-state index is -0.206. The molecule has 0 aliphatic heterocycles. The quantitative estimate of drug-likeness (QED) is 0.369. The molecule has 0 aliphatic carbocycles. The molecule has 0 bridgehead atoms. The fourth-order valence-electron chi connectivity index (χ4n) is 3.24. The van der Waals surface area contributed by atoms with E-state index in [1.165, 1.54) is 16.3 Å². The van der Waals surface area contributed by atoms with E-state index >= 15 is 0 Å². The van der Waals surface area contributed by atoms with Crippen molar-refractivity contribution in [3.63, 3.8) is 0 Å². The zero-order valence-corrected chi connectivity index (χ0v) is 18.1. The number of fused-ring (bicyclic) bond motifs is 1. The Hall–Kier alpha value is -3.45. The second kappa shape index (κ2) is 9.14. The summed E-state index contributed by atoms with van der Waals surface area (Å²) in [7, 11) is 0. The molecule has 0 saturated heterocycles. The van der Waals surface area contributed by atoms with Gasteiger partial charge in [-0.25, -0.2) is 14.5 Å². The molecule has 4 rings (SSSR count). The van der Waals surface area contributed by atoms with Gasteiger partial charge in [0.05, 0.1) is 22.7 Å². The highest BCUT2D eigenvalue weighted by molar-refractivity contribution is 7.99. The predicted octanol–water partition coefficient (Wildman–Crippen LogP) is 4.06. The summed E-state index contributed by atoms with van der Waals surface area (Å²) >= 11 is 1.22. The summed E-state index contributed by atoms with van der Waals surface area (Å²) in [6.45, 7) is 3.88. The Morgan fingerprint density at radius 2 is 1.81 bits per heavy atom. The van der Waals surface area contributed by atoms with Crippen LogP contribution in [0.5, 0.6) is 0 Å². The highest BCUT2D eigenvalue weighted by atomic mass is 32.2. The second-order valence-corrected chi connectivity index (χ2v) is 8.18. The van der Waals surface area contributed by atoms with Gasteiger partial charge >= 0.3 is 0 Å². The van der Waals surface area contributed by atoms with E-state index in [0.29, 0.717) is 21.9 Å². The summed E-state index contributed by atoms with van der Waals surface area (Å²) in [6.07, 6.45) is 1.71. The van der Waals surface area contributed by atoms with Crippen molar-refractivity contribution in [2.24, 2.45) is 0 Å². The molecule has 1 amide bonds. The molecular weight excluding hydrogens is 408 g/mol. The number of aryl methyl sites for hydroxylation is 1.